The molecule has 7 aromatic carbocycles. The highest BCUT2D eigenvalue weighted by Crippen LogP contribution is 2.44. The molecule has 0 unspecified atom stereocenters. The zero-order chi connectivity index (χ0) is 34.9. The zero-order valence-corrected chi connectivity index (χ0v) is 30.7. The molecule has 0 aromatic heterocycles. The Balaban J connectivity index is 1.23. The number of hydrogen-bond acceptors (Lipinski definition) is 2. The molecule has 0 saturated carbocycles. The summed E-state index contributed by atoms with van der Waals surface area (Å²) in [6.07, 6.45) is 0. The van der Waals surface area contributed by atoms with Crippen LogP contribution in [0.15, 0.2) is 170 Å². The number of benzene rings is 7. The molecule has 0 bridgehead atoms. The Morgan fingerprint density at radius 3 is 0.840 bits per heavy atom. The Bertz CT molecular complexity index is 2160. The minimum absolute atomic E-state index is 0.816. The summed E-state index contributed by atoms with van der Waals surface area (Å²) < 4.78 is 30.2. The number of rotatable bonds is 8. The summed E-state index contributed by atoms with van der Waals surface area (Å²) in [4.78, 5) is 0. The second-order valence-corrected chi connectivity index (χ2v) is 18.8. The zero-order valence-electron chi connectivity index (χ0n) is 28.9. The van der Waals surface area contributed by atoms with Crippen molar-refractivity contribution in [1.29, 1.82) is 0 Å². The SMILES string of the molecule is Cc1cccc(P(=O)(c2ccc(-c3cccc(-c4ccc(P(=O)(c5cccc(C)c5)c5cccc(C)c5)cc4)c3)cc2)c2cccc(C)c2)c1. The van der Waals surface area contributed by atoms with Crippen molar-refractivity contribution in [3.05, 3.63) is 192 Å². The molecule has 2 nitrogen and oxygen atoms in total. The first-order chi connectivity index (χ1) is 24.1. The van der Waals surface area contributed by atoms with Gasteiger partial charge in [-0.05, 0) is 80.3 Å². The lowest BCUT2D eigenvalue weighted by molar-refractivity contribution is 0.591. The summed E-state index contributed by atoms with van der Waals surface area (Å²) >= 11 is 0. The molecule has 0 amide bonds. The van der Waals surface area contributed by atoms with Crippen LogP contribution in [0.3, 0.4) is 0 Å². The van der Waals surface area contributed by atoms with Crippen LogP contribution in [0.2, 0.25) is 0 Å². The van der Waals surface area contributed by atoms with Crippen molar-refractivity contribution in [1.82, 2.24) is 0 Å². The maximum atomic E-state index is 15.1. The van der Waals surface area contributed by atoms with Crippen molar-refractivity contribution in [2.75, 3.05) is 0 Å². The lowest BCUT2D eigenvalue weighted by Crippen LogP contribution is -2.25. The van der Waals surface area contributed by atoms with Gasteiger partial charge in [-0.3, -0.25) is 0 Å². The highest BCUT2D eigenvalue weighted by Gasteiger charge is 2.31. The van der Waals surface area contributed by atoms with E-state index in [-0.39, 0.29) is 0 Å². The van der Waals surface area contributed by atoms with Gasteiger partial charge in [0.2, 0.25) is 0 Å². The number of hydrogen-bond donors (Lipinski definition) is 0. The van der Waals surface area contributed by atoms with Crippen molar-refractivity contribution >= 4 is 46.1 Å². The van der Waals surface area contributed by atoms with Crippen LogP contribution in [0.1, 0.15) is 22.3 Å². The van der Waals surface area contributed by atoms with Crippen LogP contribution in [0.4, 0.5) is 0 Å². The van der Waals surface area contributed by atoms with Gasteiger partial charge in [0.1, 0.15) is 0 Å². The molecule has 0 heterocycles. The van der Waals surface area contributed by atoms with E-state index < -0.39 is 14.3 Å². The Labute approximate surface area is 296 Å². The molecule has 0 saturated heterocycles. The molecule has 0 radical (unpaired) electrons. The van der Waals surface area contributed by atoms with E-state index in [0.29, 0.717) is 0 Å². The minimum atomic E-state index is -3.09. The third-order valence-corrected chi connectivity index (χ3v) is 15.5. The molecular weight excluding hydrogens is 646 g/mol. The molecular formula is C46H40O2P2. The first-order valence-electron chi connectivity index (χ1n) is 17.0. The van der Waals surface area contributed by atoms with Crippen molar-refractivity contribution in [3.8, 4) is 22.3 Å². The summed E-state index contributed by atoms with van der Waals surface area (Å²) in [5, 5.41) is 5.00. The van der Waals surface area contributed by atoms with Crippen LogP contribution in [0, 0.1) is 27.7 Å². The van der Waals surface area contributed by atoms with Gasteiger partial charge in [-0.25, -0.2) is 0 Å². The second kappa shape index (κ2) is 13.7. The molecule has 7 rings (SSSR count). The predicted octanol–water partition coefficient (Wildman–Crippen LogP) is 9.53. The molecule has 0 aliphatic rings. The highest BCUT2D eigenvalue weighted by molar-refractivity contribution is 7.85. The van der Waals surface area contributed by atoms with Gasteiger partial charge >= 0.3 is 0 Å². The summed E-state index contributed by atoms with van der Waals surface area (Å²) in [5.74, 6) is 0. The van der Waals surface area contributed by atoms with Gasteiger partial charge in [0, 0.05) is 31.8 Å². The van der Waals surface area contributed by atoms with Gasteiger partial charge in [-0.2, -0.15) is 0 Å². The van der Waals surface area contributed by atoms with Gasteiger partial charge in [0.05, 0.1) is 0 Å². The van der Waals surface area contributed by atoms with Crippen LogP contribution in [-0.4, -0.2) is 0 Å². The average molecular weight is 687 g/mol. The Morgan fingerprint density at radius 2 is 0.560 bits per heavy atom. The highest BCUT2D eigenvalue weighted by atomic mass is 31.2. The van der Waals surface area contributed by atoms with E-state index >= 15 is 9.13 Å². The predicted molar refractivity (Wildman–Crippen MR) is 215 cm³/mol. The molecule has 0 aliphatic carbocycles. The molecule has 0 fully saturated rings. The molecule has 246 valence electrons. The molecule has 0 spiro atoms. The standard InChI is InChI=1S/C46H40O2P2/c1-33-10-5-16-43(28-33)49(47,44-17-6-11-34(2)29-44)41-24-20-37(21-25-41)39-14-9-15-40(32-39)38-22-26-42(27-23-38)50(48,45-18-7-12-35(3)30-45)46-19-8-13-36(4)31-46/h5-32H,1-4H3. The van der Waals surface area contributed by atoms with E-state index in [1.807, 2.05) is 149 Å². The first kappa shape index (κ1) is 33.5. The topological polar surface area (TPSA) is 34.1 Å². The van der Waals surface area contributed by atoms with E-state index in [1.165, 1.54) is 0 Å². The minimum Gasteiger partial charge on any atom is -0.309 e. The van der Waals surface area contributed by atoms with Gasteiger partial charge in [0.25, 0.3) is 0 Å². The van der Waals surface area contributed by atoms with E-state index in [0.717, 1.165) is 76.3 Å². The summed E-state index contributed by atoms with van der Waals surface area (Å²) in [7, 11) is -6.18. The van der Waals surface area contributed by atoms with Crippen molar-refractivity contribution < 1.29 is 9.13 Å². The third kappa shape index (κ3) is 6.38. The lowest BCUT2D eigenvalue weighted by atomic mass is 9.99. The van der Waals surface area contributed by atoms with Crippen LogP contribution >= 0.6 is 14.3 Å². The summed E-state index contributed by atoms with van der Waals surface area (Å²) in [6.45, 7) is 8.17. The largest absolute Gasteiger partial charge is 0.309 e. The van der Waals surface area contributed by atoms with Crippen molar-refractivity contribution in [2.24, 2.45) is 0 Å². The molecule has 0 N–H and O–H groups in total. The first-order valence-corrected chi connectivity index (χ1v) is 20.4. The van der Waals surface area contributed by atoms with E-state index in [1.54, 1.807) is 0 Å². The molecule has 0 aliphatic heterocycles. The van der Waals surface area contributed by atoms with Gasteiger partial charge in [0.15, 0.2) is 14.3 Å². The molecule has 4 heteroatoms. The smallest absolute Gasteiger partial charge is 0.171 e. The molecule has 0 atom stereocenters. The fraction of sp³-hybridized carbons (Fsp3) is 0.0870. The lowest BCUT2D eigenvalue weighted by Gasteiger charge is -2.21. The van der Waals surface area contributed by atoms with Crippen LogP contribution in [0.5, 0.6) is 0 Å². The van der Waals surface area contributed by atoms with Crippen LogP contribution in [0.25, 0.3) is 22.3 Å². The van der Waals surface area contributed by atoms with Gasteiger partial charge in [-0.15, -0.1) is 0 Å². The monoisotopic (exact) mass is 686 g/mol. The van der Waals surface area contributed by atoms with E-state index in [9.17, 15) is 0 Å². The summed E-state index contributed by atoms with van der Waals surface area (Å²) in [5.41, 5.74) is 8.60. The quantitative estimate of drug-likeness (QED) is 0.149. The van der Waals surface area contributed by atoms with E-state index in [4.69, 9.17) is 0 Å². The normalized spacial score (nSPS) is 11.8. The Hall–Kier alpha value is -5.00. The van der Waals surface area contributed by atoms with Crippen molar-refractivity contribution in [3.63, 3.8) is 0 Å². The van der Waals surface area contributed by atoms with Crippen LogP contribution in [-0.2, 0) is 9.13 Å². The van der Waals surface area contributed by atoms with Gasteiger partial charge < -0.3 is 9.13 Å². The fourth-order valence-electron chi connectivity index (χ4n) is 6.80. The fourth-order valence-corrected chi connectivity index (χ4v) is 12.4. The molecule has 50 heavy (non-hydrogen) atoms. The molecule has 7 aromatic rings. The van der Waals surface area contributed by atoms with Gasteiger partial charge in [-0.1, -0.05) is 162 Å². The number of aryl methyl sites for hydroxylation is 4. The van der Waals surface area contributed by atoms with Crippen molar-refractivity contribution in [2.45, 2.75) is 27.7 Å². The average Bonchev–Trinajstić information content (AvgIpc) is 3.14. The maximum Gasteiger partial charge on any atom is 0.171 e. The maximum absolute atomic E-state index is 15.1. The van der Waals surface area contributed by atoms with Crippen LogP contribution < -0.4 is 31.8 Å². The summed E-state index contributed by atoms with van der Waals surface area (Å²) in [6, 6.07) is 57.1. The third-order valence-electron chi connectivity index (χ3n) is 9.45. The Kier molecular flexibility index (Phi) is 9.19. The van der Waals surface area contributed by atoms with E-state index in [2.05, 4.69) is 48.5 Å². The second-order valence-electron chi connectivity index (χ2n) is 13.2. The Morgan fingerprint density at radius 1 is 0.280 bits per heavy atom.